The zero-order valence-electron chi connectivity index (χ0n) is 9.15. The molecule has 1 aromatic carbocycles. The van der Waals surface area contributed by atoms with Gasteiger partial charge >= 0.3 is 0 Å². The molecule has 1 aliphatic rings. The Hall–Kier alpha value is -1.32. The number of hydrogen-bond acceptors (Lipinski definition) is 5. The van der Waals surface area contributed by atoms with Crippen LogP contribution in [0.15, 0.2) is 12.1 Å². The van der Waals surface area contributed by atoms with E-state index in [1.54, 1.807) is 27.7 Å². The lowest BCUT2D eigenvalue weighted by Gasteiger charge is -2.19. The molecule has 0 atom stereocenters. The fourth-order valence-corrected chi connectivity index (χ4v) is 2.74. The van der Waals surface area contributed by atoms with Crippen molar-refractivity contribution in [1.82, 2.24) is 0 Å². The third-order valence-corrected chi connectivity index (χ3v) is 3.98. The zero-order chi connectivity index (χ0) is 12.3. The van der Waals surface area contributed by atoms with Crippen molar-refractivity contribution in [2.75, 3.05) is 18.2 Å². The average Bonchev–Trinajstić information content (AvgIpc) is 2.34. The summed E-state index contributed by atoms with van der Waals surface area (Å²) in [6, 6.07) is 5.76. The summed E-state index contributed by atoms with van der Waals surface area (Å²) in [7, 11) is 3.35. The first-order valence-corrected chi connectivity index (χ1v) is 7.62. The van der Waals surface area contributed by atoms with Crippen LogP contribution in [0.25, 0.3) is 0 Å². The van der Waals surface area contributed by atoms with E-state index in [0.29, 0.717) is 17.0 Å². The van der Waals surface area contributed by atoms with Crippen LogP contribution in [-0.4, -0.2) is 18.8 Å². The monoisotopic (exact) mass is 266 g/mol. The van der Waals surface area contributed by atoms with Gasteiger partial charge in [0.15, 0.2) is 12.4 Å². The Bertz CT molecular complexity index is 497. The van der Waals surface area contributed by atoms with Gasteiger partial charge in [0.05, 0.1) is 11.3 Å². The molecule has 0 aromatic heterocycles. The molecule has 6 heteroatoms. The van der Waals surface area contributed by atoms with Crippen LogP contribution in [0.1, 0.15) is 11.1 Å². The van der Waals surface area contributed by atoms with Crippen molar-refractivity contribution in [3.63, 3.8) is 0 Å². The van der Waals surface area contributed by atoms with Crippen LogP contribution in [-0.2, 0) is 10.5 Å². The Morgan fingerprint density at radius 3 is 3.12 bits per heavy atom. The number of amides is 1. The molecule has 17 heavy (non-hydrogen) atoms. The predicted octanol–water partition coefficient (Wildman–Crippen LogP) is 2.40. The van der Waals surface area contributed by atoms with Gasteiger partial charge in [0, 0.05) is 5.75 Å². The molecule has 0 saturated heterocycles. The highest BCUT2D eigenvalue weighted by molar-refractivity contribution is 8.76. The van der Waals surface area contributed by atoms with Gasteiger partial charge in [-0.25, -0.2) is 0 Å². The number of rotatable bonds is 3. The second kappa shape index (κ2) is 5.34. The third-order valence-electron chi connectivity index (χ3n) is 2.23. The Balaban J connectivity index is 2.37. The number of fused-ring (bicyclic) bond motifs is 1. The molecular weight excluding hydrogens is 256 g/mol. The van der Waals surface area contributed by atoms with Gasteiger partial charge < -0.3 is 10.1 Å². The summed E-state index contributed by atoms with van der Waals surface area (Å²) < 4.78 is 5.27. The van der Waals surface area contributed by atoms with E-state index in [1.807, 2.05) is 12.3 Å². The second-order valence-corrected chi connectivity index (χ2v) is 5.96. The van der Waals surface area contributed by atoms with Gasteiger partial charge in [0.2, 0.25) is 0 Å². The van der Waals surface area contributed by atoms with Gasteiger partial charge in [-0.15, -0.1) is 0 Å². The Morgan fingerprint density at radius 1 is 1.59 bits per heavy atom. The molecule has 0 saturated carbocycles. The summed E-state index contributed by atoms with van der Waals surface area (Å²) in [5.74, 6) is 1.08. The van der Waals surface area contributed by atoms with Crippen molar-refractivity contribution in [3.05, 3.63) is 23.3 Å². The molecule has 0 aliphatic carbocycles. The molecule has 2 rings (SSSR count). The van der Waals surface area contributed by atoms with Gasteiger partial charge in [-0.2, -0.15) is 5.26 Å². The minimum atomic E-state index is -0.184. The smallest absolute Gasteiger partial charge is 0.262 e. The SMILES string of the molecule is CSSCc1cc(C#N)c2c(c1)NC(=O)CO2. The van der Waals surface area contributed by atoms with E-state index in [1.165, 1.54) is 0 Å². The number of hydrogen-bond donors (Lipinski definition) is 1. The quantitative estimate of drug-likeness (QED) is 0.851. The molecule has 1 heterocycles. The van der Waals surface area contributed by atoms with Gasteiger partial charge in [-0.3, -0.25) is 4.79 Å². The first-order chi connectivity index (χ1) is 8.24. The number of nitrogens with zero attached hydrogens (tertiary/aromatic N) is 1. The lowest BCUT2D eigenvalue weighted by molar-refractivity contribution is -0.118. The maximum atomic E-state index is 11.2. The topological polar surface area (TPSA) is 62.1 Å². The minimum Gasteiger partial charge on any atom is -0.480 e. The van der Waals surface area contributed by atoms with Gasteiger partial charge in [0.1, 0.15) is 6.07 Å². The Labute approximate surface area is 107 Å². The van der Waals surface area contributed by atoms with Gasteiger partial charge in [-0.1, -0.05) is 21.6 Å². The first-order valence-electron chi connectivity index (χ1n) is 4.90. The highest BCUT2D eigenvalue weighted by Crippen LogP contribution is 2.34. The van der Waals surface area contributed by atoms with Gasteiger partial charge in [-0.05, 0) is 24.0 Å². The number of anilines is 1. The summed E-state index contributed by atoms with van der Waals surface area (Å²) in [6.07, 6.45) is 2.00. The van der Waals surface area contributed by atoms with Crippen molar-refractivity contribution in [2.45, 2.75) is 5.75 Å². The molecule has 1 amide bonds. The third kappa shape index (κ3) is 2.68. The minimum absolute atomic E-state index is 0.0272. The summed E-state index contributed by atoms with van der Waals surface area (Å²) >= 11 is 0. The van der Waals surface area contributed by atoms with Crippen LogP contribution in [0.5, 0.6) is 5.75 Å². The maximum Gasteiger partial charge on any atom is 0.262 e. The van der Waals surface area contributed by atoms with Crippen LogP contribution in [0.2, 0.25) is 0 Å². The average molecular weight is 266 g/mol. The molecule has 0 bridgehead atoms. The highest BCUT2D eigenvalue weighted by atomic mass is 33.1. The molecule has 1 N–H and O–H groups in total. The zero-order valence-corrected chi connectivity index (χ0v) is 10.8. The number of carbonyl (C=O) groups is 1. The fraction of sp³-hybridized carbons (Fsp3) is 0.273. The van der Waals surface area contributed by atoms with Crippen molar-refractivity contribution < 1.29 is 9.53 Å². The van der Waals surface area contributed by atoms with E-state index in [9.17, 15) is 4.79 Å². The molecule has 4 nitrogen and oxygen atoms in total. The van der Waals surface area contributed by atoms with Crippen molar-refractivity contribution in [3.8, 4) is 11.8 Å². The van der Waals surface area contributed by atoms with Crippen molar-refractivity contribution in [1.29, 1.82) is 5.26 Å². The summed E-state index contributed by atoms with van der Waals surface area (Å²) in [5.41, 5.74) is 2.07. The number of nitrogens with one attached hydrogen (secondary N) is 1. The van der Waals surface area contributed by atoms with Crippen LogP contribution in [0, 0.1) is 11.3 Å². The van der Waals surface area contributed by atoms with Crippen LogP contribution >= 0.6 is 21.6 Å². The molecule has 1 aromatic rings. The van der Waals surface area contributed by atoms with Crippen molar-refractivity contribution >= 4 is 33.2 Å². The molecular formula is C11H10N2O2S2. The molecule has 0 spiro atoms. The Kier molecular flexibility index (Phi) is 3.82. The van der Waals surface area contributed by atoms with Gasteiger partial charge in [0.25, 0.3) is 5.91 Å². The number of carbonyl (C=O) groups excluding carboxylic acids is 1. The summed E-state index contributed by atoms with van der Waals surface area (Å²) in [5, 5.41) is 11.8. The van der Waals surface area contributed by atoms with Crippen LogP contribution in [0.3, 0.4) is 0 Å². The van der Waals surface area contributed by atoms with E-state index >= 15 is 0 Å². The first kappa shape index (κ1) is 12.1. The standard InChI is InChI=1S/C11H10N2O2S2/c1-16-17-6-7-2-8(4-12)11-9(3-7)13-10(14)5-15-11/h2-3H,5-6H2,1H3,(H,13,14). The molecule has 0 unspecified atom stereocenters. The largest absolute Gasteiger partial charge is 0.480 e. The van der Waals surface area contributed by atoms with Crippen molar-refractivity contribution in [2.24, 2.45) is 0 Å². The van der Waals surface area contributed by atoms with E-state index in [4.69, 9.17) is 10.00 Å². The Morgan fingerprint density at radius 2 is 2.41 bits per heavy atom. The predicted molar refractivity (Wildman–Crippen MR) is 70.1 cm³/mol. The van der Waals surface area contributed by atoms with E-state index in [-0.39, 0.29) is 12.5 Å². The maximum absolute atomic E-state index is 11.2. The van der Waals surface area contributed by atoms with Crippen LogP contribution < -0.4 is 10.1 Å². The fourth-order valence-electron chi connectivity index (χ4n) is 1.55. The van der Waals surface area contributed by atoms with E-state index in [2.05, 4.69) is 11.4 Å². The number of ether oxygens (including phenoxy) is 1. The van der Waals surface area contributed by atoms with E-state index in [0.717, 1.165) is 11.3 Å². The lowest BCUT2D eigenvalue weighted by atomic mass is 10.1. The number of benzene rings is 1. The highest BCUT2D eigenvalue weighted by Gasteiger charge is 2.20. The molecule has 0 radical (unpaired) electrons. The van der Waals surface area contributed by atoms with Crippen LogP contribution in [0.4, 0.5) is 5.69 Å². The molecule has 0 fully saturated rings. The normalized spacial score (nSPS) is 13.3. The van der Waals surface area contributed by atoms with E-state index < -0.39 is 0 Å². The lowest BCUT2D eigenvalue weighted by Crippen LogP contribution is -2.26. The second-order valence-electron chi connectivity index (χ2n) is 3.40. The molecule has 1 aliphatic heterocycles. The summed E-state index contributed by atoms with van der Waals surface area (Å²) in [4.78, 5) is 11.2. The summed E-state index contributed by atoms with van der Waals surface area (Å²) in [6.45, 7) is -0.0272. The number of nitriles is 1. The molecule has 88 valence electrons.